The highest BCUT2D eigenvalue weighted by atomic mass is 16.3. The average Bonchev–Trinajstić information content (AvgIpc) is 2.38. The van der Waals surface area contributed by atoms with E-state index in [0.717, 1.165) is 0 Å². The number of nitrogens with zero attached hydrogens (tertiary/aromatic N) is 1. The number of aliphatic hydroxyl groups is 1. The minimum Gasteiger partial charge on any atom is -0.369 e. The van der Waals surface area contributed by atoms with E-state index in [0.29, 0.717) is 5.69 Å². The summed E-state index contributed by atoms with van der Waals surface area (Å²) in [4.78, 5) is 0. The molecule has 0 aliphatic heterocycles. The number of rotatable bonds is 2. The Morgan fingerprint density at radius 1 is 1.80 bits per heavy atom. The van der Waals surface area contributed by atoms with Crippen molar-refractivity contribution in [3.8, 4) is 0 Å². The summed E-state index contributed by atoms with van der Waals surface area (Å²) in [6.07, 6.45) is 1.50. The number of nitrogens with two attached hydrogens (primary N) is 2. The van der Waals surface area contributed by atoms with Crippen molar-refractivity contribution in [3.05, 3.63) is 18.0 Å². The van der Waals surface area contributed by atoms with Crippen molar-refractivity contribution >= 4 is 0 Å². The highest BCUT2D eigenvalue weighted by molar-refractivity contribution is 5.07. The van der Waals surface area contributed by atoms with Gasteiger partial charge in [-0.25, -0.2) is 0 Å². The topological polar surface area (TPSA) is 101 Å². The molecule has 0 aromatic carbocycles. The normalized spacial score (nSPS) is 16.7. The first-order chi connectivity index (χ1) is 4.67. The van der Waals surface area contributed by atoms with Crippen molar-refractivity contribution in [3.63, 3.8) is 0 Å². The summed E-state index contributed by atoms with van der Waals surface area (Å²) >= 11 is 0. The lowest BCUT2D eigenvalue weighted by Gasteiger charge is -2.17. The van der Waals surface area contributed by atoms with Crippen LogP contribution in [-0.4, -0.2) is 21.8 Å². The zero-order valence-corrected chi connectivity index (χ0v) is 5.41. The van der Waals surface area contributed by atoms with Gasteiger partial charge in [0.1, 0.15) is 0 Å². The van der Waals surface area contributed by atoms with Gasteiger partial charge >= 0.3 is 0 Å². The summed E-state index contributed by atoms with van der Waals surface area (Å²) in [5.41, 5.74) is 9.47. The first-order valence-electron chi connectivity index (χ1n) is 2.88. The van der Waals surface area contributed by atoms with Gasteiger partial charge in [-0.15, -0.1) is 0 Å². The lowest BCUT2D eigenvalue weighted by Crippen LogP contribution is -2.44. The van der Waals surface area contributed by atoms with E-state index in [-0.39, 0.29) is 6.54 Å². The highest BCUT2D eigenvalue weighted by Gasteiger charge is 2.22. The number of aromatic amines is 1. The lowest BCUT2D eigenvalue weighted by atomic mass is 10.2. The Kier molecular flexibility index (Phi) is 1.71. The Labute approximate surface area is 58.0 Å². The SMILES string of the molecule is NCC(N)(O)c1ccn[nH]1. The standard InChI is InChI=1S/C5H10N4O/c6-3-5(7,10)4-1-2-8-9-4/h1-2,10H,3,6-7H2,(H,8,9). The molecule has 1 rings (SSSR count). The average molecular weight is 142 g/mol. The van der Waals surface area contributed by atoms with Crippen LogP contribution in [0.3, 0.4) is 0 Å². The molecule has 1 aromatic heterocycles. The van der Waals surface area contributed by atoms with Gasteiger partial charge < -0.3 is 10.8 Å². The Balaban J connectivity index is 2.85. The molecule has 0 radical (unpaired) electrons. The van der Waals surface area contributed by atoms with Crippen molar-refractivity contribution in [2.75, 3.05) is 6.54 Å². The summed E-state index contributed by atoms with van der Waals surface area (Å²) in [5, 5.41) is 15.4. The van der Waals surface area contributed by atoms with Gasteiger partial charge in [-0.05, 0) is 6.07 Å². The Bertz CT molecular complexity index is 193. The number of nitrogens with one attached hydrogen (secondary N) is 1. The molecule has 0 aliphatic carbocycles. The first-order valence-corrected chi connectivity index (χ1v) is 2.88. The molecule has 0 fully saturated rings. The molecular formula is C5H10N4O. The van der Waals surface area contributed by atoms with E-state index in [1.54, 1.807) is 6.07 Å². The summed E-state index contributed by atoms with van der Waals surface area (Å²) < 4.78 is 0. The molecule has 1 atom stereocenters. The second kappa shape index (κ2) is 2.37. The second-order valence-corrected chi connectivity index (χ2v) is 2.10. The molecule has 10 heavy (non-hydrogen) atoms. The van der Waals surface area contributed by atoms with Crippen LogP contribution in [0.25, 0.3) is 0 Å². The summed E-state index contributed by atoms with van der Waals surface area (Å²) in [5.74, 6) is 0. The molecule has 1 heterocycles. The van der Waals surface area contributed by atoms with Crippen molar-refractivity contribution in [1.82, 2.24) is 10.2 Å². The van der Waals surface area contributed by atoms with Gasteiger partial charge in [-0.3, -0.25) is 10.8 Å². The number of hydrogen-bond acceptors (Lipinski definition) is 4. The number of aromatic nitrogens is 2. The van der Waals surface area contributed by atoms with Crippen molar-refractivity contribution in [2.24, 2.45) is 11.5 Å². The quantitative estimate of drug-likeness (QED) is 0.376. The van der Waals surface area contributed by atoms with E-state index in [1.807, 2.05) is 0 Å². The van der Waals surface area contributed by atoms with Gasteiger partial charge in [0.15, 0.2) is 5.72 Å². The Hall–Kier alpha value is -0.910. The van der Waals surface area contributed by atoms with Gasteiger partial charge in [-0.1, -0.05) is 0 Å². The molecule has 0 saturated carbocycles. The fourth-order valence-electron chi connectivity index (χ4n) is 0.607. The Morgan fingerprint density at radius 2 is 2.50 bits per heavy atom. The first kappa shape index (κ1) is 7.20. The van der Waals surface area contributed by atoms with Crippen LogP contribution in [0.15, 0.2) is 12.3 Å². The zero-order chi connectivity index (χ0) is 7.61. The number of H-pyrrole nitrogens is 1. The fraction of sp³-hybridized carbons (Fsp3) is 0.400. The number of hydrogen-bond donors (Lipinski definition) is 4. The van der Waals surface area contributed by atoms with Gasteiger partial charge in [0.25, 0.3) is 0 Å². The molecule has 0 bridgehead atoms. The summed E-state index contributed by atoms with van der Waals surface area (Å²) in [6.45, 7) is -0.0325. The maximum atomic E-state index is 9.26. The molecule has 1 unspecified atom stereocenters. The van der Waals surface area contributed by atoms with E-state index < -0.39 is 5.72 Å². The molecule has 0 spiro atoms. The van der Waals surface area contributed by atoms with Gasteiger partial charge in [0.05, 0.1) is 5.69 Å². The third-order valence-electron chi connectivity index (χ3n) is 1.28. The molecule has 6 N–H and O–H groups in total. The minimum atomic E-state index is -1.48. The lowest BCUT2D eigenvalue weighted by molar-refractivity contribution is 0.0485. The smallest absolute Gasteiger partial charge is 0.168 e. The van der Waals surface area contributed by atoms with E-state index in [1.165, 1.54) is 6.20 Å². The van der Waals surface area contributed by atoms with E-state index in [2.05, 4.69) is 10.2 Å². The molecular weight excluding hydrogens is 132 g/mol. The van der Waals surface area contributed by atoms with Crippen LogP contribution in [0.4, 0.5) is 0 Å². The van der Waals surface area contributed by atoms with Crippen LogP contribution in [0.2, 0.25) is 0 Å². The zero-order valence-electron chi connectivity index (χ0n) is 5.41. The van der Waals surface area contributed by atoms with E-state index in [9.17, 15) is 5.11 Å². The van der Waals surface area contributed by atoms with Crippen LogP contribution in [0.1, 0.15) is 5.69 Å². The molecule has 5 nitrogen and oxygen atoms in total. The second-order valence-electron chi connectivity index (χ2n) is 2.10. The van der Waals surface area contributed by atoms with Gasteiger partial charge in [-0.2, -0.15) is 5.10 Å². The summed E-state index contributed by atoms with van der Waals surface area (Å²) in [6, 6.07) is 1.58. The van der Waals surface area contributed by atoms with Crippen LogP contribution in [0, 0.1) is 0 Å². The fourth-order valence-corrected chi connectivity index (χ4v) is 0.607. The highest BCUT2D eigenvalue weighted by Crippen LogP contribution is 2.07. The van der Waals surface area contributed by atoms with E-state index in [4.69, 9.17) is 11.5 Å². The van der Waals surface area contributed by atoms with Crippen LogP contribution in [0.5, 0.6) is 0 Å². The molecule has 5 heteroatoms. The van der Waals surface area contributed by atoms with Gasteiger partial charge in [0, 0.05) is 12.7 Å². The molecule has 1 aromatic rings. The van der Waals surface area contributed by atoms with Crippen LogP contribution < -0.4 is 11.5 Å². The molecule has 0 amide bonds. The molecule has 0 aliphatic rings. The van der Waals surface area contributed by atoms with Crippen molar-refractivity contribution in [1.29, 1.82) is 0 Å². The van der Waals surface area contributed by atoms with Gasteiger partial charge in [0.2, 0.25) is 0 Å². The van der Waals surface area contributed by atoms with E-state index >= 15 is 0 Å². The maximum absolute atomic E-state index is 9.26. The Morgan fingerprint density at radius 3 is 2.90 bits per heavy atom. The monoisotopic (exact) mass is 142 g/mol. The van der Waals surface area contributed by atoms with Crippen molar-refractivity contribution < 1.29 is 5.11 Å². The van der Waals surface area contributed by atoms with Crippen LogP contribution >= 0.6 is 0 Å². The molecule has 56 valence electrons. The van der Waals surface area contributed by atoms with Crippen molar-refractivity contribution in [2.45, 2.75) is 5.72 Å². The maximum Gasteiger partial charge on any atom is 0.168 e. The third-order valence-corrected chi connectivity index (χ3v) is 1.28. The predicted molar refractivity (Wildman–Crippen MR) is 35.7 cm³/mol. The minimum absolute atomic E-state index is 0.0325. The van der Waals surface area contributed by atoms with Crippen LogP contribution in [-0.2, 0) is 5.72 Å². The molecule has 0 saturated heterocycles. The third kappa shape index (κ3) is 1.15. The predicted octanol–water partition coefficient (Wildman–Crippen LogP) is -1.53. The largest absolute Gasteiger partial charge is 0.369 e. The summed E-state index contributed by atoms with van der Waals surface area (Å²) in [7, 11) is 0.